The number of halogens is 13. The molecule has 18 heteroatoms. The number of carbonyl (C=O) groups excluding carboxylic acids is 1. The molecule has 0 bridgehead atoms. The summed E-state index contributed by atoms with van der Waals surface area (Å²) in [6.07, 6.45) is -19.0. The van der Waals surface area contributed by atoms with E-state index in [-0.39, 0.29) is 5.52 Å². The first kappa shape index (κ1) is 29.9. The zero-order valence-electron chi connectivity index (χ0n) is 18.2. The Bertz CT molecular complexity index is 1420. The Kier molecular flexibility index (Phi) is 7.31. The second kappa shape index (κ2) is 9.53. The minimum Gasteiger partial charge on any atom is -0.618 e. The lowest BCUT2D eigenvalue weighted by Crippen LogP contribution is -2.59. The normalized spacial score (nSPS) is 14.7. The smallest absolute Gasteiger partial charge is 0.573 e. The minimum absolute atomic E-state index is 0.125. The Hall–Kier alpha value is -3.63. The Labute approximate surface area is 213 Å². The van der Waals surface area contributed by atoms with Crippen molar-refractivity contribution < 1.29 is 66.9 Å². The highest BCUT2D eigenvalue weighted by Gasteiger charge is 2.81. The second-order valence-corrected chi connectivity index (χ2v) is 8.08. The van der Waals surface area contributed by atoms with E-state index >= 15 is 0 Å². The molecule has 0 radical (unpaired) electrons. The highest BCUT2D eigenvalue weighted by atomic mass is 35.5. The maximum absolute atomic E-state index is 14.8. The van der Waals surface area contributed by atoms with Crippen molar-refractivity contribution in [1.29, 1.82) is 0 Å². The van der Waals surface area contributed by atoms with Crippen LogP contribution in [0.25, 0.3) is 10.9 Å². The van der Waals surface area contributed by atoms with Gasteiger partial charge in [-0.25, -0.2) is 4.39 Å². The number of anilines is 1. The van der Waals surface area contributed by atoms with Gasteiger partial charge in [-0.1, -0.05) is 11.6 Å². The van der Waals surface area contributed by atoms with E-state index in [1.54, 1.807) is 5.32 Å². The first-order chi connectivity index (χ1) is 17.6. The highest BCUT2D eigenvalue weighted by Crippen LogP contribution is 2.59. The number of alkyl halides is 12. The average molecular weight is 601 g/mol. The summed E-state index contributed by atoms with van der Waals surface area (Å²) in [6, 6.07) is 4.75. The number of fused-ring (bicyclic) bond motifs is 1. The molecule has 1 aromatic heterocycles. The van der Waals surface area contributed by atoms with Crippen LogP contribution in [0.15, 0.2) is 48.7 Å². The van der Waals surface area contributed by atoms with Crippen molar-refractivity contribution in [1.82, 2.24) is 0 Å². The number of carbonyl (C=O) groups is 1. The van der Waals surface area contributed by atoms with Crippen molar-refractivity contribution in [3.8, 4) is 5.75 Å². The summed E-state index contributed by atoms with van der Waals surface area (Å²) in [5, 5.41) is 12.3. The van der Waals surface area contributed by atoms with E-state index in [1.807, 2.05) is 0 Å². The van der Waals surface area contributed by atoms with Gasteiger partial charge in [0.2, 0.25) is 5.52 Å². The fourth-order valence-corrected chi connectivity index (χ4v) is 3.59. The summed E-state index contributed by atoms with van der Waals surface area (Å²) in [7, 11) is 0. The topological polar surface area (TPSA) is 65.3 Å². The van der Waals surface area contributed by atoms with Gasteiger partial charge in [-0.2, -0.15) is 39.9 Å². The summed E-state index contributed by atoms with van der Waals surface area (Å²) >= 11 is 5.56. The van der Waals surface area contributed by atoms with Crippen LogP contribution in [0.1, 0.15) is 15.9 Å². The van der Waals surface area contributed by atoms with Gasteiger partial charge in [0.15, 0.2) is 11.9 Å². The van der Waals surface area contributed by atoms with Crippen molar-refractivity contribution >= 4 is 34.1 Å². The van der Waals surface area contributed by atoms with Crippen LogP contribution in [0.2, 0.25) is 5.02 Å². The maximum atomic E-state index is 14.8. The Morgan fingerprint density at radius 1 is 0.872 bits per heavy atom. The molecular formula is C21H9ClF12N2O3. The molecule has 1 amide bonds. The first-order valence-electron chi connectivity index (χ1n) is 9.83. The molecule has 0 saturated carbocycles. The van der Waals surface area contributed by atoms with E-state index in [4.69, 9.17) is 11.6 Å². The third-order valence-electron chi connectivity index (χ3n) is 5.12. The van der Waals surface area contributed by atoms with Crippen molar-refractivity contribution in [2.24, 2.45) is 0 Å². The lowest BCUT2D eigenvalue weighted by Gasteiger charge is -2.36. The fraction of sp³-hybridized carbons (Fsp3) is 0.238. The molecule has 3 rings (SSSR count). The van der Waals surface area contributed by atoms with Crippen LogP contribution >= 0.6 is 11.6 Å². The SMILES string of the molecule is O=C(Nc1c(Cl)cc(C(F)(C(F)(F)F)C(F)(F)C(F)(F)F)cc1OC(F)(F)F)c1ccc2ccc[n+]([O-])c2c1. The van der Waals surface area contributed by atoms with Crippen LogP contribution in [-0.4, -0.2) is 30.5 Å². The predicted octanol–water partition coefficient (Wildman–Crippen LogP) is 7.20. The number of rotatable bonds is 5. The molecule has 0 fully saturated rings. The van der Waals surface area contributed by atoms with E-state index in [2.05, 4.69) is 4.74 Å². The molecule has 0 spiro atoms. The van der Waals surface area contributed by atoms with Crippen LogP contribution in [-0.2, 0) is 5.67 Å². The summed E-state index contributed by atoms with van der Waals surface area (Å²) in [5.74, 6) is -10.7. The quantitative estimate of drug-likeness (QED) is 0.191. The Balaban J connectivity index is 2.19. The molecule has 39 heavy (non-hydrogen) atoms. The number of benzene rings is 2. The lowest BCUT2D eigenvalue weighted by atomic mass is 9.87. The van der Waals surface area contributed by atoms with E-state index in [9.17, 15) is 62.7 Å². The molecule has 1 N–H and O–H groups in total. The number of pyridine rings is 1. The van der Waals surface area contributed by atoms with Crippen molar-refractivity contribution in [3.05, 3.63) is 70.0 Å². The van der Waals surface area contributed by atoms with Gasteiger partial charge in [0, 0.05) is 28.6 Å². The number of amides is 1. The molecule has 0 saturated heterocycles. The van der Waals surface area contributed by atoms with E-state index in [1.165, 1.54) is 18.2 Å². The monoisotopic (exact) mass is 600 g/mol. The number of hydrogen-bond acceptors (Lipinski definition) is 3. The number of ether oxygens (including phenoxy) is 1. The Morgan fingerprint density at radius 3 is 2.03 bits per heavy atom. The molecule has 0 aliphatic heterocycles. The summed E-state index contributed by atoms with van der Waals surface area (Å²) in [4.78, 5) is 12.6. The number of nitrogens with one attached hydrogen (secondary N) is 1. The van der Waals surface area contributed by atoms with Crippen molar-refractivity contribution in [3.63, 3.8) is 0 Å². The number of nitrogens with zero attached hydrogens (tertiary/aromatic N) is 1. The zero-order chi connectivity index (χ0) is 29.8. The van der Waals surface area contributed by atoms with Gasteiger partial charge in [-0.3, -0.25) is 4.79 Å². The highest BCUT2D eigenvalue weighted by molar-refractivity contribution is 6.34. The third kappa shape index (κ3) is 5.44. The summed E-state index contributed by atoms with van der Waals surface area (Å²) in [6.45, 7) is 0. The zero-order valence-corrected chi connectivity index (χ0v) is 19.0. The largest absolute Gasteiger partial charge is 0.618 e. The fourth-order valence-electron chi connectivity index (χ4n) is 3.33. The number of hydrogen-bond donors (Lipinski definition) is 1. The van der Waals surface area contributed by atoms with Gasteiger partial charge in [0.05, 0.1) is 5.02 Å². The molecule has 212 valence electrons. The van der Waals surface area contributed by atoms with Gasteiger partial charge >= 0.3 is 30.3 Å². The van der Waals surface area contributed by atoms with Gasteiger partial charge in [-0.15, -0.1) is 13.2 Å². The molecule has 1 atom stereocenters. The minimum atomic E-state index is -7.22. The maximum Gasteiger partial charge on any atom is 0.573 e. The molecule has 3 aromatic rings. The van der Waals surface area contributed by atoms with Gasteiger partial charge in [0.1, 0.15) is 5.69 Å². The predicted molar refractivity (Wildman–Crippen MR) is 109 cm³/mol. The van der Waals surface area contributed by atoms with Gasteiger partial charge in [-0.05, 0) is 30.3 Å². The van der Waals surface area contributed by atoms with Crippen LogP contribution in [0, 0.1) is 5.21 Å². The van der Waals surface area contributed by atoms with Crippen LogP contribution in [0.5, 0.6) is 5.75 Å². The number of aromatic nitrogens is 1. The van der Waals surface area contributed by atoms with Gasteiger partial charge < -0.3 is 15.3 Å². The van der Waals surface area contributed by atoms with E-state index in [0.717, 1.165) is 18.3 Å². The molecule has 0 aliphatic carbocycles. The Morgan fingerprint density at radius 2 is 1.49 bits per heavy atom. The molecule has 0 aliphatic rings. The molecule has 1 heterocycles. The van der Waals surface area contributed by atoms with E-state index in [0.29, 0.717) is 10.1 Å². The van der Waals surface area contributed by atoms with Crippen LogP contribution in [0.4, 0.5) is 58.4 Å². The molecular weight excluding hydrogens is 592 g/mol. The summed E-state index contributed by atoms with van der Waals surface area (Å²) in [5.41, 5.74) is -11.3. The first-order valence-corrected chi connectivity index (χ1v) is 10.2. The lowest BCUT2D eigenvalue weighted by molar-refractivity contribution is -0.577. The standard InChI is InChI=1S/C21H9ClF12N2O3/c22-12-7-11(17(23,19(26,27)28)18(24,25)20(29,30)31)8-14(39-21(32,33)34)15(12)35-16(37)10-4-3-9-2-1-5-36(38)13(9)6-10/h1-8H,(H,35,37). The summed E-state index contributed by atoms with van der Waals surface area (Å²) < 4.78 is 163. The van der Waals surface area contributed by atoms with Crippen LogP contribution in [0.3, 0.4) is 0 Å². The van der Waals surface area contributed by atoms with Gasteiger partial charge in [0.25, 0.3) is 5.91 Å². The van der Waals surface area contributed by atoms with E-state index < -0.39 is 75.9 Å². The van der Waals surface area contributed by atoms with Crippen molar-refractivity contribution in [2.45, 2.75) is 30.3 Å². The average Bonchev–Trinajstić information content (AvgIpc) is 2.77. The molecule has 2 aromatic carbocycles. The molecule has 1 unspecified atom stereocenters. The van der Waals surface area contributed by atoms with Crippen LogP contribution < -0.4 is 14.8 Å². The van der Waals surface area contributed by atoms with Crippen molar-refractivity contribution in [2.75, 3.05) is 5.32 Å². The molecule has 5 nitrogen and oxygen atoms in total. The second-order valence-electron chi connectivity index (χ2n) is 7.67. The third-order valence-corrected chi connectivity index (χ3v) is 5.42.